The molecule has 0 aliphatic heterocycles. The van der Waals surface area contributed by atoms with E-state index in [1.165, 1.54) is 25.7 Å². The number of carboxylic acid groups (broad SMARTS) is 3. The summed E-state index contributed by atoms with van der Waals surface area (Å²) in [5.74, 6) is -3.25. The molecule has 0 aliphatic carbocycles. The van der Waals surface area contributed by atoms with Gasteiger partial charge in [-0.2, -0.15) is 0 Å². The zero-order chi connectivity index (χ0) is 16.7. The highest BCUT2D eigenvalue weighted by molar-refractivity contribution is 5.89. The first-order chi connectivity index (χ1) is 9.84. The maximum Gasteiger partial charge on any atom is 0.328 e. The van der Waals surface area contributed by atoms with Crippen LogP contribution in [-0.4, -0.2) is 33.2 Å². The summed E-state index contributed by atoms with van der Waals surface area (Å²) in [6.07, 6.45) is 8.79. The lowest BCUT2D eigenvalue weighted by Crippen LogP contribution is -2.12. The predicted octanol–water partition coefficient (Wildman–Crippen LogP) is 3.17. The zero-order valence-electron chi connectivity index (χ0n) is 12.7. The Morgan fingerprint density at radius 3 is 1.67 bits per heavy atom. The summed E-state index contributed by atoms with van der Waals surface area (Å²) < 4.78 is 0. The molecule has 0 saturated carbocycles. The number of rotatable bonds is 10. The van der Waals surface area contributed by atoms with Crippen LogP contribution in [-0.2, 0) is 14.4 Å². The van der Waals surface area contributed by atoms with Crippen molar-refractivity contribution >= 4 is 17.9 Å². The highest BCUT2D eigenvalue weighted by atomic mass is 16.4. The van der Waals surface area contributed by atoms with E-state index in [2.05, 4.69) is 6.92 Å². The van der Waals surface area contributed by atoms with Crippen LogP contribution in [0.15, 0.2) is 12.2 Å². The van der Waals surface area contributed by atoms with E-state index in [0.717, 1.165) is 19.3 Å². The fourth-order valence-electron chi connectivity index (χ4n) is 1.64. The number of hydrogen-bond acceptors (Lipinski definition) is 3. The summed E-state index contributed by atoms with van der Waals surface area (Å²) in [6.45, 7) is 4.14. The minimum Gasteiger partial charge on any atom is -0.481 e. The Balaban J connectivity index is 0. The Morgan fingerprint density at radius 2 is 1.33 bits per heavy atom. The van der Waals surface area contributed by atoms with Crippen LogP contribution in [0.5, 0.6) is 0 Å². The molecule has 1 unspecified atom stereocenters. The first-order valence-corrected chi connectivity index (χ1v) is 7.21. The molecule has 6 nitrogen and oxygen atoms in total. The molecule has 3 N–H and O–H groups in total. The number of carbonyl (C=O) groups is 3. The van der Waals surface area contributed by atoms with Gasteiger partial charge in [0.1, 0.15) is 0 Å². The average molecular weight is 302 g/mol. The molecule has 0 aromatic rings. The fraction of sp³-hybridized carbons (Fsp3) is 0.667. The Kier molecular flexibility index (Phi) is 14.9. The van der Waals surface area contributed by atoms with Gasteiger partial charge in [-0.05, 0) is 12.8 Å². The molecule has 0 aliphatic rings. The normalized spacial score (nSPS) is 11.5. The van der Waals surface area contributed by atoms with Gasteiger partial charge < -0.3 is 15.3 Å². The van der Waals surface area contributed by atoms with Gasteiger partial charge in [0.15, 0.2) is 0 Å². The minimum atomic E-state index is -1.26. The summed E-state index contributed by atoms with van der Waals surface area (Å²) in [5, 5.41) is 24.4. The van der Waals surface area contributed by atoms with Gasteiger partial charge >= 0.3 is 17.9 Å². The molecule has 0 radical (unpaired) electrons. The van der Waals surface area contributed by atoms with E-state index in [0.29, 0.717) is 12.2 Å². The van der Waals surface area contributed by atoms with Gasteiger partial charge in [0, 0.05) is 12.2 Å². The third-order valence-electron chi connectivity index (χ3n) is 2.87. The number of aliphatic carboxylic acids is 3. The van der Waals surface area contributed by atoms with Crippen molar-refractivity contribution in [2.75, 3.05) is 0 Å². The molecule has 0 fully saturated rings. The Morgan fingerprint density at radius 1 is 0.857 bits per heavy atom. The van der Waals surface area contributed by atoms with E-state index < -0.39 is 17.9 Å². The SMILES string of the molecule is CCCCCCCC(CC)C(=O)O.O=C(O)C=CC(=O)O. The van der Waals surface area contributed by atoms with Crippen LogP contribution in [0.25, 0.3) is 0 Å². The highest BCUT2D eigenvalue weighted by Crippen LogP contribution is 2.14. The number of carboxylic acids is 3. The summed E-state index contributed by atoms with van der Waals surface area (Å²) in [5.41, 5.74) is 0. The van der Waals surface area contributed by atoms with Crippen molar-refractivity contribution in [1.29, 1.82) is 0 Å². The standard InChI is InChI=1S/C11H22O2.C4H4O4/c1-3-5-6-7-8-9-10(4-2)11(12)13;5-3(6)1-2-4(7)8/h10H,3-9H2,1-2H3,(H,12,13);1-2H,(H,5,6)(H,7,8). The van der Waals surface area contributed by atoms with Crippen molar-refractivity contribution in [3.8, 4) is 0 Å². The van der Waals surface area contributed by atoms with Gasteiger partial charge in [-0.1, -0.05) is 46.0 Å². The summed E-state index contributed by atoms with van der Waals surface area (Å²) in [4.78, 5) is 29.8. The van der Waals surface area contributed by atoms with Crippen LogP contribution < -0.4 is 0 Å². The van der Waals surface area contributed by atoms with Gasteiger partial charge in [-0.25, -0.2) is 9.59 Å². The molecule has 0 rings (SSSR count). The second-order valence-corrected chi connectivity index (χ2v) is 4.66. The zero-order valence-corrected chi connectivity index (χ0v) is 12.7. The van der Waals surface area contributed by atoms with E-state index in [9.17, 15) is 14.4 Å². The van der Waals surface area contributed by atoms with E-state index in [-0.39, 0.29) is 5.92 Å². The third-order valence-corrected chi connectivity index (χ3v) is 2.87. The molecule has 0 amide bonds. The van der Waals surface area contributed by atoms with Crippen molar-refractivity contribution < 1.29 is 29.7 Å². The minimum absolute atomic E-state index is 0.110. The molecular weight excluding hydrogens is 276 g/mol. The molecule has 0 saturated heterocycles. The molecule has 122 valence electrons. The van der Waals surface area contributed by atoms with Crippen molar-refractivity contribution in [2.24, 2.45) is 5.92 Å². The van der Waals surface area contributed by atoms with Crippen LogP contribution in [0.1, 0.15) is 58.8 Å². The lowest BCUT2D eigenvalue weighted by molar-refractivity contribution is -0.142. The number of unbranched alkanes of at least 4 members (excludes halogenated alkanes) is 4. The van der Waals surface area contributed by atoms with E-state index in [4.69, 9.17) is 15.3 Å². The number of hydrogen-bond donors (Lipinski definition) is 3. The molecule has 0 spiro atoms. The van der Waals surface area contributed by atoms with Crippen LogP contribution >= 0.6 is 0 Å². The lowest BCUT2D eigenvalue weighted by Gasteiger charge is -2.08. The second kappa shape index (κ2) is 14.6. The van der Waals surface area contributed by atoms with E-state index in [1.54, 1.807) is 0 Å². The molecule has 6 heteroatoms. The van der Waals surface area contributed by atoms with Gasteiger partial charge in [-0.3, -0.25) is 4.79 Å². The topological polar surface area (TPSA) is 112 Å². The summed E-state index contributed by atoms with van der Waals surface area (Å²) in [6, 6.07) is 0. The van der Waals surface area contributed by atoms with E-state index in [1.807, 2.05) is 6.92 Å². The molecule has 0 aromatic carbocycles. The molecule has 21 heavy (non-hydrogen) atoms. The Bertz CT molecular complexity index is 319. The van der Waals surface area contributed by atoms with Crippen molar-refractivity contribution in [3.05, 3.63) is 12.2 Å². The average Bonchev–Trinajstić information content (AvgIpc) is 2.41. The Hall–Kier alpha value is -1.85. The monoisotopic (exact) mass is 302 g/mol. The third kappa shape index (κ3) is 18.1. The largest absolute Gasteiger partial charge is 0.481 e. The van der Waals surface area contributed by atoms with Crippen LogP contribution in [0.3, 0.4) is 0 Å². The maximum atomic E-state index is 10.7. The molecule has 1 atom stereocenters. The van der Waals surface area contributed by atoms with Crippen LogP contribution in [0.4, 0.5) is 0 Å². The summed E-state index contributed by atoms with van der Waals surface area (Å²) in [7, 11) is 0. The van der Waals surface area contributed by atoms with Gasteiger partial charge in [-0.15, -0.1) is 0 Å². The van der Waals surface area contributed by atoms with E-state index >= 15 is 0 Å². The van der Waals surface area contributed by atoms with Crippen LogP contribution in [0, 0.1) is 5.92 Å². The van der Waals surface area contributed by atoms with Crippen LogP contribution in [0.2, 0.25) is 0 Å². The fourth-order valence-corrected chi connectivity index (χ4v) is 1.64. The van der Waals surface area contributed by atoms with Crippen molar-refractivity contribution in [1.82, 2.24) is 0 Å². The Labute approximate surface area is 125 Å². The quantitative estimate of drug-likeness (QED) is 0.422. The predicted molar refractivity (Wildman–Crippen MR) is 79.2 cm³/mol. The first-order valence-electron chi connectivity index (χ1n) is 7.21. The van der Waals surface area contributed by atoms with Crippen molar-refractivity contribution in [2.45, 2.75) is 58.8 Å². The molecule has 0 aromatic heterocycles. The lowest BCUT2D eigenvalue weighted by atomic mass is 9.98. The first kappa shape index (κ1) is 21.4. The van der Waals surface area contributed by atoms with Gasteiger partial charge in [0.05, 0.1) is 5.92 Å². The highest BCUT2D eigenvalue weighted by Gasteiger charge is 2.13. The van der Waals surface area contributed by atoms with Crippen molar-refractivity contribution in [3.63, 3.8) is 0 Å². The smallest absolute Gasteiger partial charge is 0.328 e. The molecular formula is C15H26O6. The molecule has 0 heterocycles. The maximum absolute atomic E-state index is 10.7. The summed E-state index contributed by atoms with van der Waals surface area (Å²) >= 11 is 0. The molecule has 0 bridgehead atoms. The van der Waals surface area contributed by atoms with Gasteiger partial charge in [0.2, 0.25) is 0 Å². The van der Waals surface area contributed by atoms with Gasteiger partial charge in [0.25, 0.3) is 0 Å². The second-order valence-electron chi connectivity index (χ2n) is 4.66.